The van der Waals surface area contributed by atoms with Gasteiger partial charge >= 0.3 is 18.3 Å². The van der Waals surface area contributed by atoms with Gasteiger partial charge in [-0.25, -0.2) is 9.18 Å². The van der Waals surface area contributed by atoms with Crippen LogP contribution >= 0.6 is 0 Å². The third-order valence-electron chi connectivity index (χ3n) is 9.67. The fourth-order valence-corrected chi connectivity index (χ4v) is 7.38. The molecule has 0 aliphatic carbocycles. The number of hydrogen-bond acceptors (Lipinski definition) is 8. The van der Waals surface area contributed by atoms with Crippen LogP contribution in [0.4, 0.5) is 33.9 Å². The normalized spacial score (nSPS) is 19.5. The molecule has 2 fully saturated rings. The first-order valence-corrected chi connectivity index (χ1v) is 15.9. The number of carboxylic acid groups (broad SMARTS) is 1. The number of benzene rings is 3. The number of rotatable bonds is 8. The van der Waals surface area contributed by atoms with Gasteiger partial charge in [0.05, 0.1) is 11.6 Å². The number of carbonyl (C=O) groups is 1. The number of alkyl halides is 3. The first kappa shape index (κ1) is 34.3. The molecule has 0 unspecified atom stereocenters. The van der Waals surface area contributed by atoms with Gasteiger partial charge in [0.2, 0.25) is 0 Å². The van der Waals surface area contributed by atoms with Crippen molar-refractivity contribution in [3.05, 3.63) is 48.3 Å². The molecule has 2 saturated heterocycles. The predicted octanol–water partition coefficient (Wildman–Crippen LogP) is 7.33. The first-order chi connectivity index (χ1) is 23.0. The summed E-state index contributed by atoms with van der Waals surface area (Å²) in [4.78, 5) is 26.3. The molecule has 0 spiro atoms. The number of halogens is 4. The van der Waals surface area contributed by atoms with Crippen molar-refractivity contribution in [3.63, 3.8) is 0 Å². The summed E-state index contributed by atoms with van der Waals surface area (Å²) in [6.07, 6.45) is -4.55. The summed E-state index contributed by atoms with van der Waals surface area (Å²) in [7, 11) is 5.01. The van der Waals surface area contributed by atoms with Gasteiger partial charge in [0.15, 0.2) is 19.2 Å². The van der Waals surface area contributed by atoms with Crippen molar-refractivity contribution < 1.29 is 41.7 Å². The molecule has 3 aromatic carbocycles. The highest BCUT2D eigenvalue weighted by molar-refractivity contribution is 6.05. The van der Waals surface area contributed by atoms with Gasteiger partial charge in [-0.05, 0) is 52.8 Å². The minimum Gasteiger partial charge on any atom is -0.468 e. The van der Waals surface area contributed by atoms with E-state index in [0.29, 0.717) is 35.2 Å². The van der Waals surface area contributed by atoms with E-state index in [1.165, 1.54) is 12.0 Å². The molecular formula is C35H39F4N5O5. The van der Waals surface area contributed by atoms with E-state index in [4.69, 9.17) is 14.2 Å². The molecule has 0 saturated carbocycles. The van der Waals surface area contributed by atoms with E-state index in [1.54, 1.807) is 31.1 Å². The van der Waals surface area contributed by atoms with Crippen molar-refractivity contribution in [2.24, 2.45) is 5.41 Å². The number of hydrogen-bond donors (Lipinski definition) is 1. The Hall–Kier alpha value is -4.59. The summed E-state index contributed by atoms with van der Waals surface area (Å²) >= 11 is 0. The highest BCUT2D eigenvalue weighted by Gasteiger charge is 2.59. The van der Waals surface area contributed by atoms with E-state index in [0.717, 1.165) is 5.39 Å². The van der Waals surface area contributed by atoms with Crippen LogP contribution in [-0.4, -0.2) is 91.5 Å². The third-order valence-corrected chi connectivity index (χ3v) is 9.67. The molecule has 262 valence electrons. The third kappa shape index (κ3) is 6.11. The molecule has 2 aliphatic heterocycles. The smallest absolute Gasteiger partial charge is 0.422 e. The zero-order valence-electron chi connectivity index (χ0n) is 28.2. The lowest BCUT2D eigenvalue weighted by Gasteiger charge is -2.54. The quantitative estimate of drug-likeness (QED) is 0.151. The SMILES string of the molecule is COCOc1cc(-c2c(N(C)C)cc3c(N4C[C@@H]5CC[C@@](C(C)(C)C)(C4)N5C(=O)O)nc(OCC(F)(F)F)nc3c2F)c2ccccc2c1. The Balaban J connectivity index is 1.61. The van der Waals surface area contributed by atoms with Gasteiger partial charge in [-0.15, -0.1) is 0 Å². The Labute approximate surface area is 281 Å². The number of methoxy groups -OCH3 is 1. The number of fused-ring (bicyclic) bond motifs is 4. The largest absolute Gasteiger partial charge is 0.468 e. The van der Waals surface area contributed by atoms with E-state index in [9.17, 15) is 23.1 Å². The molecular weight excluding hydrogens is 646 g/mol. The molecule has 49 heavy (non-hydrogen) atoms. The first-order valence-electron chi connectivity index (χ1n) is 15.9. The Morgan fingerprint density at radius 3 is 2.47 bits per heavy atom. The number of nitrogens with zero attached hydrogens (tertiary/aromatic N) is 5. The number of amides is 1. The topological polar surface area (TPSA) is 100 Å². The minimum absolute atomic E-state index is 0.0405. The van der Waals surface area contributed by atoms with Gasteiger partial charge in [0, 0.05) is 50.9 Å². The van der Waals surface area contributed by atoms with Crippen molar-refractivity contribution in [2.45, 2.75) is 51.4 Å². The second kappa shape index (κ2) is 12.4. The minimum atomic E-state index is -4.69. The van der Waals surface area contributed by atoms with Crippen LogP contribution in [0.1, 0.15) is 33.6 Å². The van der Waals surface area contributed by atoms with Crippen molar-refractivity contribution in [3.8, 4) is 22.9 Å². The number of ether oxygens (including phenoxy) is 3. The average molecular weight is 686 g/mol. The molecule has 4 aromatic rings. The molecule has 10 nitrogen and oxygen atoms in total. The lowest BCUT2D eigenvalue weighted by Crippen LogP contribution is -2.68. The van der Waals surface area contributed by atoms with Crippen LogP contribution in [-0.2, 0) is 4.74 Å². The molecule has 3 heterocycles. The van der Waals surface area contributed by atoms with E-state index in [2.05, 4.69) is 9.97 Å². The van der Waals surface area contributed by atoms with Crippen LogP contribution in [0.25, 0.3) is 32.8 Å². The highest BCUT2D eigenvalue weighted by Crippen LogP contribution is 2.51. The van der Waals surface area contributed by atoms with Crippen LogP contribution in [0.5, 0.6) is 11.8 Å². The Morgan fingerprint density at radius 1 is 1.08 bits per heavy atom. The van der Waals surface area contributed by atoms with Gasteiger partial charge in [0.25, 0.3) is 0 Å². The van der Waals surface area contributed by atoms with Crippen molar-refractivity contribution in [1.29, 1.82) is 0 Å². The Kier molecular flexibility index (Phi) is 8.66. The molecule has 1 aromatic heterocycles. The van der Waals surface area contributed by atoms with Crippen LogP contribution in [0, 0.1) is 11.2 Å². The van der Waals surface area contributed by atoms with Crippen LogP contribution < -0.4 is 19.3 Å². The van der Waals surface area contributed by atoms with Gasteiger partial charge < -0.3 is 29.1 Å². The highest BCUT2D eigenvalue weighted by atomic mass is 19.4. The average Bonchev–Trinajstić information content (AvgIpc) is 3.29. The summed E-state index contributed by atoms with van der Waals surface area (Å²) < 4.78 is 73.3. The maximum Gasteiger partial charge on any atom is 0.422 e. The van der Waals surface area contributed by atoms with Gasteiger partial charge in [-0.1, -0.05) is 45.0 Å². The molecule has 6 rings (SSSR count). The molecule has 1 amide bonds. The number of aromatic nitrogens is 2. The molecule has 0 radical (unpaired) electrons. The standard InChI is InChI=1S/C35H39F4N5O5/c1-33(2,3)34-12-11-21(44(34)32(45)46)16-43(17-34)30-25-15-26(42(4)5)27(28(36)29(25)40-31(41-30)48-18-35(37,38)39)24-14-22(49-19-47-6)13-20-9-7-8-10-23(20)24/h7-10,13-15,21H,11-12,16-19H2,1-6H3,(H,45,46)/t21-,34-/m0/s1. The zero-order valence-corrected chi connectivity index (χ0v) is 28.2. The van der Waals surface area contributed by atoms with Crippen LogP contribution in [0.2, 0.25) is 0 Å². The van der Waals surface area contributed by atoms with Gasteiger partial charge in [-0.3, -0.25) is 4.90 Å². The van der Waals surface area contributed by atoms with E-state index < -0.39 is 47.7 Å². The second-order valence-corrected chi connectivity index (χ2v) is 13.9. The predicted molar refractivity (Wildman–Crippen MR) is 178 cm³/mol. The van der Waals surface area contributed by atoms with E-state index in [-0.39, 0.29) is 42.2 Å². The van der Waals surface area contributed by atoms with Crippen molar-refractivity contribution >= 4 is 39.3 Å². The lowest BCUT2D eigenvalue weighted by molar-refractivity contribution is -0.154. The van der Waals surface area contributed by atoms with E-state index in [1.807, 2.05) is 56.0 Å². The molecule has 2 aliphatic rings. The Morgan fingerprint density at radius 2 is 1.82 bits per heavy atom. The summed E-state index contributed by atoms with van der Waals surface area (Å²) in [5.41, 5.74) is -0.480. The summed E-state index contributed by atoms with van der Waals surface area (Å²) in [5.74, 6) is -0.187. The maximum atomic E-state index is 17.3. The van der Waals surface area contributed by atoms with Crippen molar-refractivity contribution in [2.75, 3.05) is 57.5 Å². The molecule has 2 atom stereocenters. The zero-order chi connectivity index (χ0) is 35.5. The Bertz CT molecular complexity index is 1910. The summed E-state index contributed by atoms with van der Waals surface area (Å²) in [6.45, 7) is 4.59. The van der Waals surface area contributed by atoms with Crippen LogP contribution in [0.3, 0.4) is 0 Å². The van der Waals surface area contributed by atoms with Crippen LogP contribution in [0.15, 0.2) is 42.5 Å². The summed E-state index contributed by atoms with van der Waals surface area (Å²) in [5, 5.41) is 12.0. The lowest BCUT2D eigenvalue weighted by atomic mass is 9.71. The fourth-order valence-electron chi connectivity index (χ4n) is 7.38. The number of anilines is 2. The second-order valence-electron chi connectivity index (χ2n) is 13.9. The number of piperazine rings is 1. The van der Waals surface area contributed by atoms with E-state index >= 15 is 4.39 Å². The monoisotopic (exact) mass is 685 g/mol. The fraction of sp³-hybridized carbons (Fsp3) is 0.457. The summed E-state index contributed by atoms with van der Waals surface area (Å²) in [6, 6.07) is 11.6. The van der Waals surface area contributed by atoms with Crippen molar-refractivity contribution in [1.82, 2.24) is 14.9 Å². The maximum absolute atomic E-state index is 17.3. The molecule has 2 bridgehead atoms. The van der Waals surface area contributed by atoms with Gasteiger partial charge in [-0.2, -0.15) is 23.1 Å². The molecule has 14 heteroatoms. The molecule has 1 N–H and O–H groups in total. The van der Waals surface area contributed by atoms with Gasteiger partial charge in [0.1, 0.15) is 17.1 Å².